The van der Waals surface area contributed by atoms with Gasteiger partial charge in [0.05, 0.1) is 18.5 Å². The van der Waals surface area contributed by atoms with Crippen molar-refractivity contribution in [2.75, 3.05) is 16.9 Å². The quantitative estimate of drug-likeness (QED) is 0.165. The van der Waals surface area contributed by atoms with Crippen LogP contribution in [0.3, 0.4) is 0 Å². The normalized spacial score (nSPS) is 19.0. The average Bonchev–Trinajstić information content (AvgIpc) is 3.78. The summed E-state index contributed by atoms with van der Waals surface area (Å²) in [7, 11) is 1.83. The summed E-state index contributed by atoms with van der Waals surface area (Å²) in [5.74, 6) is 0.872. The third kappa shape index (κ3) is 5.66. The molecule has 0 saturated carbocycles. The first kappa shape index (κ1) is 39.3. The van der Waals surface area contributed by atoms with Crippen molar-refractivity contribution < 1.29 is 4.74 Å². The maximum absolute atomic E-state index is 6.33. The number of hydrogen-bond donors (Lipinski definition) is 0. The van der Waals surface area contributed by atoms with Gasteiger partial charge in [-0.05, 0) is 135 Å². The van der Waals surface area contributed by atoms with Crippen molar-refractivity contribution in [3.05, 3.63) is 119 Å². The number of para-hydroxylation sites is 1. The van der Waals surface area contributed by atoms with E-state index in [4.69, 9.17) is 4.74 Å². The Morgan fingerprint density at radius 2 is 0.951 bits per heavy atom. The van der Waals surface area contributed by atoms with Crippen LogP contribution in [0.25, 0.3) is 20.2 Å². The SMILES string of the molecule is COc1cc2c3c(c1)N(c1ccc(C(C)(C)C)cc1)c1c(sc4cc5c(cc14)C(C)(C)CCC5(C)C)B3c1sc3cc4c(cc3c1N2c1ccccc1)C(C)(C)CCC4(C)C. The molecule has 0 N–H and O–H groups in total. The van der Waals surface area contributed by atoms with E-state index in [1.165, 1.54) is 123 Å². The number of hydrogen-bond acceptors (Lipinski definition) is 5. The Bertz CT molecular complexity index is 2960. The molecule has 2 aliphatic heterocycles. The van der Waals surface area contributed by atoms with E-state index in [1.807, 2.05) is 29.8 Å². The lowest BCUT2D eigenvalue weighted by molar-refractivity contribution is 0.332. The molecule has 4 heterocycles. The number of rotatable bonds is 3. The van der Waals surface area contributed by atoms with Crippen LogP contribution in [0, 0.1) is 0 Å². The Morgan fingerprint density at radius 3 is 1.36 bits per heavy atom. The highest BCUT2D eigenvalue weighted by Gasteiger charge is 2.49. The molecule has 3 nitrogen and oxygen atoms in total. The monoisotopic (exact) mass is 838 g/mol. The number of thiophene rings is 2. The fourth-order valence-electron chi connectivity index (χ4n) is 11.4. The third-order valence-electron chi connectivity index (χ3n) is 15.4. The van der Waals surface area contributed by atoms with Crippen LogP contribution in [0.1, 0.15) is 130 Å². The van der Waals surface area contributed by atoms with Crippen LogP contribution in [-0.2, 0) is 27.1 Å². The molecule has 0 saturated heterocycles. The molecule has 2 aliphatic carbocycles. The molecule has 0 amide bonds. The maximum atomic E-state index is 6.33. The summed E-state index contributed by atoms with van der Waals surface area (Å²) in [6.07, 6.45) is 4.78. The number of nitrogens with zero attached hydrogens (tertiary/aromatic N) is 2. The average molecular weight is 839 g/mol. The van der Waals surface area contributed by atoms with Crippen molar-refractivity contribution in [3.63, 3.8) is 0 Å². The summed E-state index contributed by atoms with van der Waals surface area (Å²) in [5.41, 5.74) is 16.7. The molecule has 0 fully saturated rings. The second kappa shape index (κ2) is 12.8. The van der Waals surface area contributed by atoms with Gasteiger partial charge in [0.1, 0.15) is 5.75 Å². The fraction of sp³-hybridized carbons (Fsp3) is 0.382. The molecule has 0 atom stereocenters. The first-order chi connectivity index (χ1) is 28.8. The molecule has 310 valence electrons. The third-order valence-corrected chi connectivity index (χ3v) is 17.8. The van der Waals surface area contributed by atoms with Crippen molar-refractivity contribution in [1.29, 1.82) is 0 Å². The summed E-state index contributed by atoms with van der Waals surface area (Å²) >= 11 is 4.07. The van der Waals surface area contributed by atoms with Gasteiger partial charge in [-0.1, -0.05) is 106 Å². The van der Waals surface area contributed by atoms with Gasteiger partial charge in [0.25, 0.3) is 6.71 Å². The molecule has 6 heteroatoms. The highest BCUT2D eigenvalue weighted by atomic mass is 32.1. The van der Waals surface area contributed by atoms with Crippen molar-refractivity contribution >= 4 is 98.7 Å². The summed E-state index contributed by atoms with van der Waals surface area (Å²) in [5, 5.41) is 2.73. The van der Waals surface area contributed by atoms with E-state index < -0.39 is 0 Å². The standard InChI is InChI=1S/C55H59BN2OS2/c1-51(2,3)32-18-20-34(21-19-32)58-43-27-35(59-12)26-42-46(43)56(50-48(58)37-29-39-41(31-45(37)61-50)55(10,11)25-23-53(39,6)7)49-47(57(42)33-16-14-13-15-17-33)36-28-38-40(30-44(36)60-49)54(8,9)24-22-52(38,4)5/h13-21,26-31H,22-25H2,1-12H3. The van der Waals surface area contributed by atoms with Gasteiger partial charge in [0.2, 0.25) is 0 Å². The van der Waals surface area contributed by atoms with Gasteiger partial charge < -0.3 is 14.5 Å². The van der Waals surface area contributed by atoms with Gasteiger partial charge in [-0.25, -0.2) is 0 Å². The molecule has 11 rings (SSSR count). The van der Waals surface area contributed by atoms with E-state index >= 15 is 0 Å². The number of methoxy groups -OCH3 is 1. The van der Waals surface area contributed by atoms with Crippen LogP contribution in [0.2, 0.25) is 0 Å². The Kier molecular flexibility index (Phi) is 8.25. The summed E-state index contributed by atoms with van der Waals surface area (Å²) in [6.45, 7) is 26.7. The molecular formula is C55H59BN2OS2. The van der Waals surface area contributed by atoms with Crippen molar-refractivity contribution in [2.24, 2.45) is 0 Å². The highest BCUT2D eigenvalue weighted by Crippen LogP contribution is 2.55. The Labute approximate surface area is 371 Å². The minimum atomic E-state index is 0.0513. The van der Waals surface area contributed by atoms with E-state index in [2.05, 4.69) is 177 Å². The smallest absolute Gasteiger partial charge is 0.277 e. The van der Waals surface area contributed by atoms with Crippen molar-refractivity contribution in [1.82, 2.24) is 0 Å². The summed E-state index contributed by atoms with van der Waals surface area (Å²) < 4.78 is 12.0. The second-order valence-electron chi connectivity index (χ2n) is 22.3. The van der Waals surface area contributed by atoms with E-state index in [0.717, 1.165) is 5.75 Å². The van der Waals surface area contributed by atoms with E-state index in [-0.39, 0.29) is 33.8 Å². The highest BCUT2D eigenvalue weighted by molar-refractivity contribution is 7.40. The predicted molar refractivity (Wildman–Crippen MR) is 267 cm³/mol. The topological polar surface area (TPSA) is 15.7 Å². The lowest BCUT2D eigenvalue weighted by atomic mass is 9.39. The van der Waals surface area contributed by atoms with Gasteiger partial charge >= 0.3 is 0 Å². The van der Waals surface area contributed by atoms with E-state index in [9.17, 15) is 0 Å². The zero-order valence-corrected chi connectivity index (χ0v) is 39.8. The summed E-state index contributed by atoms with van der Waals surface area (Å²) in [4.78, 5) is 5.19. The van der Waals surface area contributed by atoms with Gasteiger partial charge in [-0.3, -0.25) is 0 Å². The van der Waals surface area contributed by atoms with Gasteiger partial charge in [-0.2, -0.15) is 0 Å². The lowest BCUT2D eigenvalue weighted by Gasteiger charge is -2.43. The van der Waals surface area contributed by atoms with Crippen LogP contribution >= 0.6 is 22.7 Å². The number of anilines is 6. The fourth-order valence-corrected chi connectivity index (χ4v) is 14.1. The van der Waals surface area contributed by atoms with Crippen LogP contribution in [0.15, 0.2) is 91.0 Å². The second-order valence-corrected chi connectivity index (χ2v) is 24.4. The Morgan fingerprint density at radius 1 is 0.541 bits per heavy atom. The first-order valence-electron chi connectivity index (χ1n) is 22.5. The largest absolute Gasteiger partial charge is 0.497 e. The van der Waals surface area contributed by atoms with Gasteiger partial charge in [-0.15, -0.1) is 22.7 Å². The predicted octanol–water partition coefficient (Wildman–Crippen LogP) is 14.2. The molecule has 0 bridgehead atoms. The first-order valence-corrected chi connectivity index (χ1v) is 24.1. The molecule has 61 heavy (non-hydrogen) atoms. The number of ether oxygens (including phenoxy) is 1. The summed E-state index contributed by atoms with van der Waals surface area (Å²) in [6, 6.07) is 35.6. The van der Waals surface area contributed by atoms with Crippen LogP contribution in [0.5, 0.6) is 5.75 Å². The molecular weight excluding hydrogens is 780 g/mol. The molecule has 5 aromatic carbocycles. The van der Waals surface area contributed by atoms with Crippen molar-refractivity contribution in [3.8, 4) is 5.75 Å². The molecule has 2 aromatic heterocycles. The number of fused-ring (bicyclic) bond motifs is 10. The maximum Gasteiger partial charge on any atom is 0.277 e. The Hall–Kier alpha value is -4.52. The Balaban J connectivity index is 1.28. The molecule has 0 radical (unpaired) electrons. The van der Waals surface area contributed by atoms with Gasteiger partial charge in [0.15, 0.2) is 0 Å². The van der Waals surface area contributed by atoms with E-state index in [1.54, 1.807) is 0 Å². The molecule has 0 unspecified atom stereocenters. The van der Waals surface area contributed by atoms with Crippen molar-refractivity contribution in [2.45, 2.75) is 129 Å². The minimum absolute atomic E-state index is 0.0513. The molecule has 4 aliphatic rings. The number of benzene rings is 5. The zero-order valence-electron chi connectivity index (χ0n) is 38.2. The van der Waals surface area contributed by atoms with E-state index in [0.29, 0.717) is 0 Å². The van der Waals surface area contributed by atoms with Crippen LogP contribution < -0.4 is 29.6 Å². The van der Waals surface area contributed by atoms with Gasteiger partial charge in [0, 0.05) is 64.6 Å². The lowest BCUT2D eigenvalue weighted by Crippen LogP contribution is -2.59. The van der Waals surface area contributed by atoms with Crippen LogP contribution in [-0.4, -0.2) is 13.8 Å². The zero-order chi connectivity index (χ0) is 42.8. The van der Waals surface area contributed by atoms with Crippen LogP contribution in [0.4, 0.5) is 34.1 Å². The molecule has 0 spiro atoms. The minimum Gasteiger partial charge on any atom is -0.497 e. The molecule has 7 aromatic rings.